The van der Waals surface area contributed by atoms with Gasteiger partial charge in [-0.15, -0.1) is 0 Å². The summed E-state index contributed by atoms with van der Waals surface area (Å²) in [7, 11) is 1.44. The first kappa shape index (κ1) is 40.9. The summed E-state index contributed by atoms with van der Waals surface area (Å²) in [5.74, 6) is -5.05. The number of hydrogen-bond donors (Lipinski definition) is 3. The Bertz CT molecular complexity index is 1570. The van der Waals surface area contributed by atoms with Crippen LogP contribution in [0.25, 0.3) is 0 Å². The highest BCUT2D eigenvalue weighted by molar-refractivity contribution is 5.98. The average Bonchev–Trinajstić information content (AvgIpc) is 3.78. The molecule has 4 rings (SSSR count). The molecule has 0 aliphatic carbocycles. The van der Waals surface area contributed by atoms with E-state index in [4.69, 9.17) is 4.74 Å². The van der Waals surface area contributed by atoms with E-state index in [-0.39, 0.29) is 38.3 Å². The zero-order valence-electron chi connectivity index (χ0n) is 31.3. The van der Waals surface area contributed by atoms with Crippen LogP contribution < -0.4 is 16.0 Å². The molecule has 0 radical (unpaired) electrons. The largest absolute Gasteiger partial charge is 0.461 e. The highest BCUT2D eigenvalue weighted by Gasteiger charge is 2.44. The molecule has 3 aliphatic heterocycles. The van der Waals surface area contributed by atoms with E-state index in [0.717, 1.165) is 19.3 Å². The number of allylic oxidation sites excluding steroid dienone is 1. The molecule has 3 fully saturated rings. The number of carbonyl (C=O) groups excluding carboxylic acids is 7. The molecule has 0 unspecified atom stereocenters. The molecule has 0 spiro atoms. The molecule has 15 heteroatoms. The second-order valence-corrected chi connectivity index (χ2v) is 14.4. The van der Waals surface area contributed by atoms with E-state index in [9.17, 15) is 38.0 Å². The fourth-order valence-electron chi connectivity index (χ4n) is 6.99. The van der Waals surface area contributed by atoms with Crippen LogP contribution in [0.5, 0.6) is 0 Å². The number of unbranched alkanes of at least 4 members (excludes halogenated alkanes) is 3. The highest BCUT2D eigenvalue weighted by atomic mass is 19.1. The van der Waals surface area contributed by atoms with Gasteiger partial charge in [-0.3, -0.25) is 28.8 Å². The van der Waals surface area contributed by atoms with Gasteiger partial charge in [-0.2, -0.15) is 0 Å². The van der Waals surface area contributed by atoms with Gasteiger partial charge in [0.05, 0.1) is 0 Å². The third-order valence-electron chi connectivity index (χ3n) is 10.1. The molecule has 3 saturated heterocycles. The van der Waals surface area contributed by atoms with E-state index < -0.39 is 90.1 Å². The Balaban J connectivity index is 1.65. The number of rotatable bonds is 10. The van der Waals surface area contributed by atoms with Crippen LogP contribution in [0, 0.1) is 11.7 Å². The maximum absolute atomic E-state index is 14.3. The predicted octanol–water partition coefficient (Wildman–Crippen LogP) is 1.61. The first-order chi connectivity index (χ1) is 25.2. The van der Waals surface area contributed by atoms with Crippen LogP contribution in [0.2, 0.25) is 0 Å². The number of nitrogens with zero attached hydrogens (tertiary/aromatic N) is 3. The minimum absolute atomic E-state index is 0.0699. The summed E-state index contributed by atoms with van der Waals surface area (Å²) in [5, 5.41) is 7.96. The minimum Gasteiger partial charge on any atom is -0.461 e. The zero-order valence-corrected chi connectivity index (χ0v) is 31.3. The molecule has 0 aromatic heterocycles. The molecule has 14 nitrogen and oxygen atoms in total. The van der Waals surface area contributed by atoms with Gasteiger partial charge in [0.25, 0.3) is 0 Å². The molecular formula is C38H53FN6O8. The van der Waals surface area contributed by atoms with E-state index in [1.807, 2.05) is 6.92 Å². The number of ether oxygens (including phenoxy) is 1. The normalized spacial score (nSPS) is 26.6. The summed E-state index contributed by atoms with van der Waals surface area (Å²) in [6.07, 6.45) is 7.51. The van der Waals surface area contributed by atoms with E-state index in [1.54, 1.807) is 12.1 Å². The number of amides is 6. The summed E-state index contributed by atoms with van der Waals surface area (Å²) in [6, 6.07) is -1.16. The van der Waals surface area contributed by atoms with Gasteiger partial charge in [-0.25, -0.2) is 9.18 Å². The summed E-state index contributed by atoms with van der Waals surface area (Å²) >= 11 is 0. The second kappa shape index (κ2) is 18.8. The third kappa shape index (κ3) is 10.6. The van der Waals surface area contributed by atoms with Crippen LogP contribution in [-0.4, -0.2) is 119 Å². The average molecular weight is 741 g/mol. The lowest BCUT2D eigenvalue weighted by molar-refractivity contribution is -0.158. The molecule has 7 atom stereocenters. The van der Waals surface area contributed by atoms with Crippen molar-refractivity contribution < 1.29 is 42.7 Å². The maximum Gasteiger partial charge on any atom is 0.328 e. The number of fused-ring (bicyclic) bond motifs is 2. The van der Waals surface area contributed by atoms with Crippen molar-refractivity contribution in [1.82, 2.24) is 30.7 Å². The number of carbonyl (C=O) groups is 7. The second-order valence-electron chi connectivity index (χ2n) is 14.4. The fourth-order valence-corrected chi connectivity index (χ4v) is 6.99. The van der Waals surface area contributed by atoms with E-state index >= 15 is 0 Å². The number of nitrogens with one attached hydrogen (secondary N) is 3. The van der Waals surface area contributed by atoms with Gasteiger partial charge >= 0.3 is 5.97 Å². The van der Waals surface area contributed by atoms with Crippen molar-refractivity contribution >= 4 is 41.4 Å². The summed E-state index contributed by atoms with van der Waals surface area (Å²) < 4.78 is 19.8. The first-order valence-electron chi connectivity index (χ1n) is 18.6. The Morgan fingerprint density at radius 3 is 2.51 bits per heavy atom. The molecule has 1 aromatic rings. The van der Waals surface area contributed by atoms with Crippen LogP contribution in [0.4, 0.5) is 4.39 Å². The lowest BCUT2D eigenvalue weighted by Gasteiger charge is -2.34. The molecule has 1 aromatic carbocycles. The number of cyclic esters (lactones) is 1. The Kier molecular flexibility index (Phi) is 14.5. The Morgan fingerprint density at radius 2 is 1.79 bits per heavy atom. The fraction of sp³-hybridized carbons (Fsp3) is 0.605. The lowest BCUT2D eigenvalue weighted by atomic mass is 10.0. The highest BCUT2D eigenvalue weighted by Crippen LogP contribution is 2.26. The van der Waals surface area contributed by atoms with Crippen molar-refractivity contribution in [3.05, 3.63) is 47.8 Å². The minimum atomic E-state index is -1.49. The summed E-state index contributed by atoms with van der Waals surface area (Å²) in [4.78, 5) is 99.2. The van der Waals surface area contributed by atoms with Gasteiger partial charge in [0, 0.05) is 26.6 Å². The molecule has 0 saturated carbocycles. The number of likely N-dealkylation sites (N-methyl/N-ethyl adjacent to an activating group) is 1. The van der Waals surface area contributed by atoms with Crippen LogP contribution in [0.15, 0.2) is 36.4 Å². The van der Waals surface area contributed by atoms with Crippen molar-refractivity contribution in [3.63, 3.8) is 0 Å². The smallest absolute Gasteiger partial charge is 0.328 e. The summed E-state index contributed by atoms with van der Waals surface area (Å²) in [5.41, 5.74) is 0.411. The molecule has 3 aliphatic rings. The standard InChI is InChI=1S/C38H53FN6O8/c1-6-7-8-9-10-16-32(46)41-28(20-26-13-11-14-27(39)19-26)34(48)42-29-22-53-38(52)31-18-23(2)21-45(31)35(49)24(3)40-33(47)25(4)43(5)37(51)30-15-12-17-44(30)36(29)50/h10-11,13-14,16,19,23-25,28-31H,6-9,12,15,17-18,20-22H2,1-5H3,(H,40,47)(H,41,46)(H,42,48)/b16-10+/t23-,24+,25+,28+,29+,30+,31+/m1/s1. The molecule has 0 bridgehead atoms. The predicted molar refractivity (Wildman–Crippen MR) is 192 cm³/mol. The van der Waals surface area contributed by atoms with Gasteiger partial charge in [0.2, 0.25) is 35.4 Å². The topological polar surface area (TPSA) is 175 Å². The number of halogens is 1. The molecule has 6 amide bonds. The zero-order chi connectivity index (χ0) is 38.8. The van der Waals surface area contributed by atoms with Gasteiger partial charge in [0.1, 0.15) is 48.7 Å². The Morgan fingerprint density at radius 1 is 1.04 bits per heavy atom. The van der Waals surface area contributed by atoms with Crippen LogP contribution in [0.3, 0.4) is 0 Å². The van der Waals surface area contributed by atoms with Crippen molar-refractivity contribution in [1.29, 1.82) is 0 Å². The van der Waals surface area contributed by atoms with E-state index in [2.05, 4.69) is 22.9 Å². The van der Waals surface area contributed by atoms with Crippen molar-refractivity contribution in [2.24, 2.45) is 5.92 Å². The number of esters is 1. The molecule has 53 heavy (non-hydrogen) atoms. The Labute approximate surface area is 310 Å². The van der Waals surface area contributed by atoms with Crippen molar-refractivity contribution in [2.45, 2.75) is 115 Å². The number of hydrogen-bond acceptors (Lipinski definition) is 8. The third-order valence-corrected chi connectivity index (χ3v) is 10.1. The monoisotopic (exact) mass is 740 g/mol. The SMILES string of the molecule is CCCCC/C=C/C(=O)N[C@@H](Cc1cccc(F)c1)C(=O)N[C@H]1COC(=O)[C@@H]2C[C@@H](C)CN2C(=O)[C@H](C)NC(=O)[C@H](C)N(C)C(=O)[C@@H]2CCCN2C1=O. The maximum atomic E-state index is 14.3. The first-order valence-corrected chi connectivity index (χ1v) is 18.6. The van der Waals surface area contributed by atoms with Crippen LogP contribution in [0.1, 0.15) is 78.2 Å². The quantitative estimate of drug-likeness (QED) is 0.184. The van der Waals surface area contributed by atoms with Crippen LogP contribution in [-0.2, 0) is 44.7 Å². The Hall–Kier alpha value is -4.82. The molecule has 3 heterocycles. The van der Waals surface area contributed by atoms with E-state index in [1.165, 1.54) is 59.9 Å². The summed E-state index contributed by atoms with van der Waals surface area (Å²) in [6.45, 7) is 6.73. The van der Waals surface area contributed by atoms with E-state index in [0.29, 0.717) is 18.4 Å². The van der Waals surface area contributed by atoms with Gasteiger partial charge in [0.15, 0.2) is 0 Å². The van der Waals surface area contributed by atoms with Crippen molar-refractivity contribution in [3.8, 4) is 0 Å². The molecule has 3 N–H and O–H groups in total. The lowest BCUT2D eigenvalue weighted by Crippen LogP contribution is -2.60. The van der Waals surface area contributed by atoms with Gasteiger partial charge in [-0.1, -0.05) is 44.9 Å². The van der Waals surface area contributed by atoms with Gasteiger partial charge in [-0.05, 0) is 75.6 Å². The number of benzene rings is 1. The molecular weight excluding hydrogens is 687 g/mol. The van der Waals surface area contributed by atoms with Crippen LogP contribution >= 0.6 is 0 Å². The van der Waals surface area contributed by atoms with Gasteiger partial charge < -0.3 is 35.4 Å². The van der Waals surface area contributed by atoms with Crippen molar-refractivity contribution in [2.75, 3.05) is 26.7 Å². The molecule has 290 valence electrons.